The van der Waals surface area contributed by atoms with E-state index in [1.807, 2.05) is 0 Å². The third-order valence-corrected chi connectivity index (χ3v) is 16.4. The number of carbonyl (C=O) groups is 1. The quantitative estimate of drug-likeness (QED) is 0.0532. The minimum Gasteiger partial charge on any atom is -0.394 e. The molecule has 0 spiro atoms. The van der Waals surface area contributed by atoms with Crippen LogP contribution in [0, 0.1) is 0 Å². The van der Waals surface area contributed by atoms with Gasteiger partial charge in [0.2, 0.25) is 5.91 Å². The lowest BCUT2D eigenvalue weighted by molar-refractivity contribution is -0.123. The molecule has 0 bridgehead atoms. The van der Waals surface area contributed by atoms with Crippen LogP contribution in [0.15, 0.2) is 0 Å². The van der Waals surface area contributed by atoms with Crippen LogP contribution in [0.5, 0.6) is 0 Å². The van der Waals surface area contributed by atoms with Crippen molar-refractivity contribution in [2.75, 3.05) is 6.61 Å². The summed E-state index contributed by atoms with van der Waals surface area (Å²) in [4.78, 5) is 12.5. The van der Waals surface area contributed by atoms with Crippen LogP contribution in [0.2, 0.25) is 0 Å². The molecule has 0 aliphatic rings. The molecule has 0 rings (SSSR count). The Bertz CT molecular complexity index is 956. The van der Waals surface area contributed by atoms with Crippen molar-refractivity contribution in [3.63, 3.8) is 0 Å². The van der Waals surface area contributed by atoms with Crippen molar-refractivity contribution in [1.29, 1.82) is 0 Å². The standard InChI is InChI=1S/C67H135NO3/c1-3-5-7-9-11-13-15-17-19-21-23-25-27-29-30-31-32-33-34-35-36-37-38-39-41-43-45-47-49-51-53-55-57-59-61-63-67(71)68-65(64-69)66(70)62-60-58-56-54-52-50-48-46-44-42-40-28-26-24-22-20-18-16-14-12-10-8-6-4-2/h65-66,69-70H,3-64H2,1-2H3,(H,68,71). The highest BCUT2D eigenvalue weighted by molar-refractivity contribution is 5.76. The number of hydrogen-bond donors (Lipinski definition) is 3. The third-order valence-electron chi connectivity index (χ3n) is 16.4. The molecule has 4 nitrogen and oxygen atoms in total. The van der Waals surface area contributed by atoms with Gasteiger partial charge in [-0.15, -0.1) is 0 Å². The summed E-state index contributed by atoms with van der Waals surface area (Å²) in [5, 5.41) is 23.4. The number of amides is 1. The molecule has 0 fully saturated rings. The van der Waals surface area contributed by atoms with Gasteiger partial charge in [-0.05, 0) is 12.8 Å². The summed E-state index contributed by atoms with van der Waals surface area (Å²) in [6, 6.07) is -0.532. The van der Waals surface area contributed by atoms with Gasteiger partial charge in [0, 0.05) is 6.42 Å². The highest BCUT2D eigenvalue weighted by Crippen LogP contribution is 2.20. The minimum absolute atomic E-state index is 0.0197. The minimum atomic E-state index is -0.656. The summed E-state index contributed by atoms with van der Waals surface area (Å²) in [6.45, 7) is 4.42. The molecule has 0 aliphatic carbocycles. The second-order valence-electron chi connectivity index (χ2n) is 23.6. The lowest BCUT2D eigenvalue weighted by Crippen LogP contribution is -2.45. The molecule has 0 saturated heterocycles. The van der Waals surface area contributed by atoms with E-state index in [0.29, 0.717) is 12.8 Å². The molecule has 3 N–H and O–H groups in total. The Balaban J connectivity index is 3.35. The molecule has 0 saturated carbocycles. The van der Waals surface area contributed by atoms with Crippen LogP contribution >= 0.6 is 0 Å². The van der Waals surface area contributed by atoms with Gasteiger partial charge in [-0.3, -0.25) is 4.79 Å². The molecule has 4 heteroatoms. The Kier molecular flexibility index (Phi) is 63.1. The topological polar surface area (TPSA) is 69.6 Å². The van der Waals surface area contributed by atoms with E-state index in [1.165, 1.54) is 353 Å². The molecular weight excluding hydrogens is 867 g/mol. The smallest absolute Gasteiger partial charge is 0.220 e. The summed E-state index contributed by atoms with van der Waals surface area (Å²) in [7, 11) is 0. The van der Waals surface area contributed by atoms with E-state index in [2.05, 4.69) is 19.2 Å². The van der Waals surface area contributed by atoms with Crippen molar-refractivity contribution in [1.82, 2.24) is 5.32 Å². The molecular formula is C67H135NO3. The highest BCUT2D eigenvalue weighted by atomic mass is 16.3. The summed E-state index contributed by atoms with van der Waals surface area (Å²) in [5.74, 6) is -0.0197. The Morgan fingerprint density at radius 3 is 0.634 bits per heavy atom. The van der Waals surface area contributed by atoms with Crippen LogP contribution in [-0.4, -0.2) is 34.9 Å². The van der Waals surface area contributed by atoms with E-state index >= 15 is 0 Å². The average Bonchev–Trinajstić information content (AvgIpc) is 3.37. The second-order valence-corrected chi connectivity index (χ2v) is 23.6. The fourth-order valence-corrected chi connectivity index (χ4v) is 11.3. The van der Waals surface area contributed by atoms with Crippen LogP contribution < -0.4 is 5.32 Å². The Hall–Kier alpha value is -0.610. The molecule has 426 valence electrons. The number of unbranched alkanes of at least 4 members (excludes halogenated alkanes) is 57. The molecule has 0 aromatic heterocycles. The summed E-state index contributed by atoms with van der Waals surface area (Å²) >= 11 is 0. The number of nitrogens with one attached hydrogen (secondary N) is 1. The van der Waals surface area contributed by atoms with Crippen LogP contribution in [0.3, 0.4) is 0 Å². The number of aliphatic hydroxyl groups is 2. The second kappa shape index (κ2) is 63.7. The van der Waals surface area contributed by atoms with Gasteiger partial charge in [0.25, 0.3) is 0 Å². The molecule has 1 amide bonds. The van der Waals surface area contributed by atoms with Crippen LogP contribution in [0.25, 0.3) is 0 Å². The van der Waals surface area contributed by atoms with Crippen molar-refractivity contribution in [2.45, 2.75) is 418 Å². The van der Waals surface area contributed by atoms with Crippen LogP contribution in [-0.2, 0) is 4.79 Å². The molecule has 0 aromatic rings. The predicted molar refractivity (Wildman–Crippen MR) is 318 cm³/mol. The first kappa shape index (κ1) is 70.4. The zero-order chi connectivity index (χ0) is 51.3. The average molecular weight is 1000 g/mol. The summed E-state index contributed by atoms with van der Waals surface area (Å²) in [5.41, 5.74) is 0. The van der Waals surface area contributed by atoms with E-state index in [4.69, 9.17) is 0 Å². The molecule has 0 aliphatic heterocycles. The monoisotopic (exact) mass is 1000 g/mol. The van der Waals surface area contributed by atoms with E-state index < -0.39 is 12.1 Å². The number of carbonyl (C=O) groups excluding carboxylic acids is 1. The van der Waals surface area contributed by atoms with E-state index in [1.54, 1.807) is 0 Å². The van der Waals surface area contributed by atoms with E-state index in [9.17, 15) is 15.0 Å². The third kappa shape index (κ3) is 60.1. The Morgan fingerprint density at radius 2 is 0.451 bits per heavy atom. The Labute approximate surface area is 448 Å². The number of rotatable bonds is 64. The maximum atomic E-state index is 12.5. The van der Waals surface area contributed by atoms with Gasteiger partial charge in [0.1, 0.15) is 0 Å². The first-order valence-electron chi connectivity index (χ1n) is 33.7. The first-order valence-corrected chi connectivity index (χ1v) is 33.7. The SMILES string of the molecule is CCCCCCCCCCCCCCCCCCCCCCCCCCCCCCCCCCCCCC(=O)NC(CO)C(O)CCCCCCCCCCCCCCCCCCCCCCCCCC. The fourth-order valence-electron chi connectivity index (χ4n) is 11.3. The largest absolute Gasteiger partial charge is 0.394 e. The lowest BCUT2D eigenvalue weighted by atomic mass is 10.0. The lowest BCUT2D eigenvalue weighted by Gasteiger charge is -2.22. The maximum Gasteiger partial charge on any atom is 0.220 e. The molecule has 0 heterocycles. The van der Waals surface area contributed by atoms with Crippen LogP contribution in [0.4, 0.5) is 0 Å². The molecule has 0 radical (unpaired) electrons. The molecule has 2 unspecified atom stereocenters. The van der Waals surface area contributed by atoms with Crippen molar-refractivity contribution in [3.8, 4) is 0 Å². The van der Waals surface area contributed by atoms with Gasteiger partial charge < -0.3 is 15.5 Å². The molecule has 2 atom stereocenters. The predicted octanol–water partition coefficient (Wildman–Crippen LogP) is 22.7. The van der Waals surface area contributed by atoms with Crippen molar-refractivity contribution in [3.05, 3.63) is 0 Å². The van der Waals surface area contributed by atoms with Gasteiger partial charge in [-0.2, -0.15) is 0 Å². The van der Waals surface area contributed by atoms with Gasteiger partial charge in [0.05, 0.1) is 18.8 Å². The zero-order valence-electron chi connectivity index (χ0n) is 49.3. The zero-order valence-corrected chi connectivity index (χ0v) is 49.3. The van der Waals surface area contributed by atoms with Crippen molar-refractivity contribution < 1.29 is 15.0 Å². The maximum absolute atomic E-state index is 12.5. The van der Waals surface area contributed by atoms with Gasteiger partial charge >= 0.3 is 0 Å². The normalized spacial score (nSPS) is 12.6. The molecule has 0 aromatic carbocycles. The van der Waals surface area contributed by atoms with Gasteiger partial charge in [-0.25, -0.2) is 0 Å². The number of hydrogen-bond acceptors (Lipinski definition) is 3. The van der Waals surface area contributed by atoms with Crippen molar-refractivity contribution >= 4 is 5.91 Å². The number of aliphatic hydroxyl groups excluding tert-OH is 2. The van der Waals surface area contributed by atoms with Gasteiger partial charge in [0.15, 0.2) is 0 Å². The van der Waals surface area contributed by atoms with E-state index in [-0.39, 0.29) is 12.5 Å². The summed E-state index contributed by atoms with van der Waals surface area (Å²) < 4.78 is 0. The van der Waals surface area contributed by atoms with Crippen molar-refractivity contribution in [2.24, 2.45) is 0 Å². The van der Waals surface area contributed by atoms with Gasteiger partial charge in [-0.1, -0.05) is 386 Å². The van der Waals surface area contributed by atoms with E-state index in [0.717, 1.165) is 25.7 Å². The molecule has 71 heavy (non-hydrogen) atoms. The first-order chi connectivity index (χ1) is 35.2. The fraction of sp³-hybridized carbons (Fsp3) is 0.985. The Morgan fingerprint density at radius 1 is 0.282 bits per heavy atom. The van der Waals surface area contributed by atoms with Crippen LogP contribution in [0.1, 0.15) is 406 Å². The highest BCUT2D eigenvalue weighted by Gasteiger charge is 2.20. The summed E-state index contributed by atoms with van der Waals surface area (Å²) in [6.07, 6.45) is 83.0.